The molecule has 108 valence electrons. The highest BCUT2D eigenvalue weighted by molar-refractivity contribution is 8.01. The number of hydrazine groups is 1. The summed E-state index contributed by atoms with van der Waals surface area (Å²) < 4.78 is 2.15. The Kier molecular flexibility index (Phi) is 4.05. The molecule has 0 atom stereocenters. The van der Waals surface area contributed by atoms with Crippen LogP contribution < -0.4 is 11.3 Å². The van der Waals surface area contributed by atoms with E-state index in [-0.39, 0.29) is 5.92 Å². The van der Waals surface area contributed by atoms with Crippen molar-refractivity contribution >= 4 is 39.1 Å². The van der Waals surface area contributed by atoms with Gasteiger partial charge in [0.1, 0.15) is 17.2 Å². The third-order valence-electron chi connectivity index (χ3n) is 3.02. The van der Waals surface area contributed by atoms with Crippen molar-refractivity contribution in [3.63, 3.8) is 0 Å². The number of nitrogen functional groups attached to an aromatic ring is 1. The number of nitrogens with zero attached hydrogens (tertiary/aromatic N) is 3. The summed E-state index contributed by atoms with van der Waals surface area (Å²) in [7, 11) is 0. The molecule has 2 aromatic heterocycles. The molecule has 3 N–H and O–H groups in total. The highest BCUT2D eigenvalue weighted by Gasteiger charge is 2.17. The molecule has 0 saturated carbocycles. The lowest BCUT2D eigenvalue weighted by Crippen LogP contribution is -2.13. The summed E-state index contributed by atoms with van der Waals surface area (Å²) in [6, 6.07) is 8.12. The molecule has 0 bridgehead atoms. The van der Waals surface area contributed by atoms with Crippen LogP contribution >= 0.6 is 23.1 Å². The lowest BCUT2D eigenvalue weighted by Gasteiger charge is -2.13. The zero-order chi connectivity index (χ0) is 14.8. The first-order valence-electron chi connectivity index (χ1n) is 6.54. The third kappa shape index (κ3) is 2.85. The summed E-state index contributed by atoms with van der Waals surface area (Å²) in [5.41, 5.74) is 4.68. The van der Waals surface area contributed by atoms with Gasteiger partial charge >= 0.3 is 0 Å². The molecule has 0 amide bonds. The number of nitrogens with one attached hydrogen (secondary N) is 1. The zero-order valence-electron chi connectivity index (χ0n) is 11.7. The minimum atomic E-state index is 0.272. The number of fused-ring (bicyclic) bond motifs is 1. The van der Waals surface area contributed by atoms with E-state index in [1.54, 1.807) is 23.1 Å². The second kappa shape index (κ2) is 5.97. The molecule has 0 aliphatic carbocycles. The van der Waals surface area contributed by atoms with E-state index in [1.807, 2.05) is 18.2 Å². The Balaban J connectivity index is 2.01. The van der Waals surface area contributed by atoms with Crippen LogP contribution in [-0.4, -0.2) is 15.0 Å². The average molecular weight is 317 g/mol. The fraction of sp³-hybridized carbons (Fsp3) is 0.214. The number of hydrogen-bond acceptors (Lipinski definition) is 7. The van der Waals surface area contributed by atoms with Crippen molar-refractivity contribution in [2.75, 3.05) is 5.43 Å². The molecule has 0 saturated heterocycles. The number of nitrogens with two attached hydrogens (primary N) is 1. The van der Waals surface area contributed by atoms with Crippen LogP contribution in [0, 0.1) is 0 Å². The van der Waals surface area contributed by atoms with Gasteiger partial charge in [0.2, 0.25) is 0 Å². The van der Waals surface area contributed by atoms with E-state index in [0.29, 0.717) is 5.82 Å². The van der Waals surface area contributed by atoms with E-state index in [0.717, 1.165) is 20.4 Å². The molecular weight excluding hydrogens is 302 g/mol. The molecule has 3 rings (SSSR count). The van der Waals surface area contributed by atoms with Crippen LogP contribution in [-0.2, 0) is 0 Å². The fourth-order valence-corrected chi connectivity index (χ4v) is 4.29. The van der Waals surface area contributed by atoms with Gasteiger partial charge in [-0.2, -0.15) is 0 Å². The van der Waals surface area contributed by atoms with Gasteiger partial charge < -0.3 is 5.43 Å². The molecule has 0 fully saturated rings. The van der Waals surface area contributed by atoms with Crippen LogP contribution in [0.15, 0.2) is 40.0 Å². The van der Waals surface area contributed by atoms with Crippen molar-refractivity contribution in [3.8, 4) is 0 Å². The summed E-state index contributed by atoms with van der Waals surface area (Å²) >= 11 is 3.22. The van der Waals surface area contributed by atoms with Crippen LogP contribution in [0.4, 0.5) is 5.82 Å². The van der Waals surface area contributed by atoms with Crippen molar-refractivity contribution in [2.24, 2.45) is 5.84 Å². The topological polar surface area (TPSA) is 76.7 Å². The number of para-hydroxylation sites is 1. The third-order valence-corrected chi connectivity index (χ3v) is 5.14. The smallest absolute Gasteiger partial charge is 0.157 e. The lowest BCUT2D eigenvalue weighted by atomic mass is 10.1. The number of rotatable bonds is 4. The minimum Gasteiger partial charge on any atom is -0.308 e. The van der Waals surface area contributed by atoms with Gasteiger partial charge in [0.25, 0.3) is 0 Å². The fourth-order valence-electron chi connectivity index (χ4n) is 2.07. The highest BCUT2D eigenvalue weighted by atomic mass is 32.2. The zero-order valence-corrected chi connectivity index (χ0v) is 13.3. The summed E-state index contributed by atoms with van der Waals surface area (Å²) in [6.45, 7) is 4.20. The molecule has 1 aromatic carbocycles. The van der Waals surface area contributed by atoms with Crippen molar-refractivity contribution in [1.82, 2.24) is 15.0 Å². The quantitative estimate of drug-likeness (QED) is 0.434. The predicted molar refractivity (Wildman–Crippen MR) is 87.7 cm³/mol. The summed E-state index contributed by atoms with van der Waals surface area (Å²) in [5, 5.41) is 0.895. The lowest BCUT2D eigenvalue weighted by molar-refractivity contribution is 0.804. The van der Waals surface area contributed by atoms with Crippen molar-refractivity contribution in [3.05, 3.63) is 36.2 Å². The van der Waals surface area contributed by atoms with E-state index in [2.05, 4.69) is 40.3 Å². The Labute approximate surface area is 131 Å². The number of anilines is 1. The molecule has 0 aliphatic heterocycles. The number of hydrogen-bond donors (Lipinski definition) is 2. The monoisotopic (exact) mass is 317 g/mol. The first-order valence-corrected chi connectivity index (χ1v) is 8.17. The SMILES string of the molecule is CC(C)c1c(NN)ncnc1Sc1nc2ccccc2s1. The van der Waals surface area contributed by atoms with Crippen LogP contribution in [0.5, 0.6) is 0 Å². The molecule has 5 nitrogen and oxygen atoms in total. The Morgan fingerprint density at radius 3 is 2.76 bits per heavy atom. The number of thiazole rings is 1. The molecule has 0 unspecified atom stereocenters. The Bertz CT molecular complexity index is 736. The maximum atomic E-state index is 5.55. The standard InChI is InChI=1S/C14H15N5S2/c1-8(2)11-12(19-15)16-7-17-13(11)21-14-18-9-5-3-4-6-10(9)20-14/h3-8H,15H2,1-2H3,(H,16,17,19). The number of aromatic nitrogens is 3. The second-order valence-corrected chi connectivity index (χ2v) is 7.06. The van der Waals surface area contributed by atoms with Crippen LogP contribution in [0.2, 0.25) is 0 Å². The summed E-state index contributed by atoms with van der Waals surface area (Å²) in [4.78, 5) is 13.2. The Morgan fingerprint density at radius 1 is 1.24 bits per heavy atom. The molecule has 21 heavy (non-hydrogen) atoms. The van der Waals surface area contributed by atoms with Gasteiger partial charge in [-0.1, -0.05) is 26.0 Å². The molecule has 0 spiro atoms. The van der Waals surface area contributed by atoms with Gasteiger partial charge in [-0.05, 0) is 29.8 Å². The summed E-state index contributed by atoms with van der Waals surface area (Å²) in [6.07, 6.45) is 1.52. The molecular formula is C14H15N5S2. The first kappa shape index (κ1) is 14.2. The van der Waals surface area contributed by atoms with Gasteiger partial charge in [0.05, 0.1) is 10.2 Å². The average Bonchev–Trinajstić information content (AvgIpc) is 2.88. The van der Waals surface area contributed by atoms with Crippen LogP contribution in [0.1, 0.15) is 25.3 Å². The Hall–Kier alpha value is -1.70. The van der Waals surface area contributed by atoms with Crippen molar-refractivity contribution in [2.45, 2.75) is 29.1 Å². The maximum Gasteiger partial charge on any atom is 0.157 e. The molecule has 7 heteroatoms. The normalized spacial score (nSPS) is 11.2. The number of benzene rings is 1. The van der Waals surface area contributed by atoms with Crippen LogP contribution in [0.25, 0.3) is 10.2 Å². The van der Waals surface area contributed by atoms with Gasteiger partial charge in [-0.3, -0.25) is 0 Å². The van der Waals surface area contributed by atoms with E-state index >= 15 is 0 Å². The molecule has 2 heterocycles. The van der Waals surface area contributed by atoms with Gasteiger partial charge in [-0.15, -0.1) is 11.3 Å². The van der Waals surface area contributed by atoms with E-state index in [4.69, 9.17) is 5.84 Å². The largest absolute Gasteiger partial charge is 0.308 e. The van der Waals surface area contributed by atoms with Gasteiger partial charge in [0.15, 0.2) is 4.34 Å². The summed E-state index contributed by atoms with van der Waals surface area (Å²) in [5.74, 6) is 6.49. The van der Waals surface area contributed by atoms with Crippen molar-refractivity contribution in [1.29, 1.82) is 0 Å². The second-order valence-electron chi connectivity index (χ2n) is 4.79. The molecule has 0 radical (unpaired) electrons. The van der Waals surface area contributed by atoms with E-state index in [9.17, 15) is 0 Å². The minimum absolute atomic E-state index is 0.272. The van der Waals surface area contributed by atoms with E-state index < -0.39 is 0 Å². The maximum absolute atomic E-state index is 5.55. The van der Waals surface area contributed by atoms with E-state index in [1.165, 1.54) is 11.0 Å². The first-order chi connectivity index (χ1) is 10.2. The molecule has 0 aliphatic rings. The highest BCUT2D eigenvalue weighted by Crippen LogP contribution is 2.38. The van der Waals surface area contributed by atoms with Crippen molar-refractivity contribution < 1.29 is 0 Å². The molecule has 3 aromatic rings. The predicted octanol–water partition coefficient (Wildman–Crippen LogP) is 3.65. The van der Waals surface area contributed by atoms with Gasteiger partial charge in [-0.25, -0.2) is 20.8 Å². The van der Waals surface area contributed by atoms with Gasteiger partial charge in [0, 0.05) is 5.56 Å². The Morgan fingerprint density at radius 2 is 2.05 bits per heavy atom. The van der Waals surface area contributed by atoms with Crippen LogP contribution in [0.3, 0.4) is 0 Å².